The van der Waals surface area contributed by atoms with E-state index in [4.69, 9.17) is 23.2 Å². The Morgan fingerprint density at radius 3 is 2.69 bits per heavy atom. The highest BCUT2D eigenvalue weighted by molar-refractivity contribution is 6.33. The Morgan fingerprint density at radius 1 is 1.56 bits per heavy atom. The molecule has 0 aliphatic heterocycles. The van der Waals surface area contributed by atoms with E-state index in [0.717, 1.165) is 0 Å². The van der Waals surface area contributed by atoms with Gasteiger partial charge in [0.15, 0.2) is 0 Å². The van der Waals surface area contributed by atoms with Crippen molar-refractivity contribution in [2.45, 2.75) is 12.8 Å². The summed E-state index contributed by atoms with van der Waals surface area (Å²) in [7, 11) is 1.21. The Balaban J connectivity index is 3.05. The van der Waals surface area contributed by atoms with Crippen LogP contribution in [-0.4, -0.2) is 18.1 Å². The van der Waals surface area contributed by atoms with Gasteiger partial charge in [0.2, 0.25) is 0 Å². The third-order valence-corrected chi connectivity index (χ3v) is 2.43. The average molecular weight is 270 g/mol. The van der Waals surface area contributed by atoms with Crippen LogP contribution < -0.4 is 0 Å². The number of carbonyl (C=O) groups is 1. The Labute approximate surface area is 100 Å². The molecule has 0 aliphatic rings. The van der Waals surface area contributed by atoms with Gasteiger partial charge in [-0.1, -0.05) is 23.2 Å². The molecular weight excluding hydrogens is 263 g/mol. The summed E-state index contributed by atoms with van der Waals surface area (Å²) in [4.78, 5) is 14.4. The number of esters is 1. The molecule has 7 heteroatoms. The van der Waals surface area contributed by atoms with Crippen LogP contribution in [0.15, 0.2) is 6.07 Å². The first-order chi connectivity index (χ1) is 7.45. The zero-order valence-corrected chi connectivity index (χ0v) is 9.65. The van der Waals surface area contributed by atoms with Crippen LogP contribution in [0.25, 0.3) is 0 Å². The van der Waals surface area contributed by atoms with Crippen LogP contribution in [0.4, 0.5) is 8.78 Å². The van der Waals surface area contributed by atoms with E-state index in [0.29, 0.717) is 0 Å². The first kappa shape index (κ1) is 13.1. The lowest BCUT2D eigenvalue weighted by Gasteiger charge is -2.07. The summed E-state index contributed by atoms with van der Waals surface area (Å²) in [6, 6.07) is 1.19. The van der Waals surface area contributed by atoms with E-state index in [2.05, 4.69) is 9.72 Å². The summed E-state index contributed by atoms with van der Waals surface area (Å²) in [5.41, 5.74) is -0.344. The lowest BCUT2D eigenvalue weighted by molar-refractivity contribution is -0.139. The molecule has 88 valence electrons. The van der Waals surface area contributed by atoms with Gasteiger partial charge >= 0.3 is 5.97 Å². The van der Waals surface area contributed by atoms with E-state index >= 15 is 0 Å². The van der Waals surface area contributed by atoms with Crippen molar-refractivity contribution >= 4 is 29.2 Å². The molecule has 1 aromatic rings. The number of hydrogen-bond donors (Lipinski definition) is 0. The number of alkyl halides is 2. The second-order valence-corrected chi connectivity index (χ2v) is 3.62. The smallest absolute Gasteiger partial charge is 0.310 e. The minimum absolute atomic E-state index is 0.161. The van der Waals surface area contributed by atoms with Crippen LogP contribution in [0.1, 0.15) is 17.7 Å². The number of rotatable bonds is 3. The third kappa shape index (κ3) is 3.02. The molecule has 1 rings (SSSR count). The van der Waals surface area contributed by atoms with Gasteiger partial charge in [-0.15, -0.1) is 0 Å². The number of carbonyl (C=O) groups excluding carboxylic acids is 1. The molecule has 0 saturated heterocycles. The number of pyridine rings is 1. The molecule has 0 aliphatic carbocycles. The van der Waals surface area contributed by atoms with Crippen molar-refractivity contribution < 1.29 is 18.3 Å². The number of aromatic nitrogens is 1. The maximum Gasteiger partial charge on any atom is 0.310 e. The topological polar surface area (TPSA) is 39.2 Å². The SMILES string of the molecule is COC(=O)Cc1cc(Cl)c(C(F)F)nc1Cl. The van der Waals surface area contributed by atoms with E-state index in [-0.39, 0.29) is 22.2 Å². The largest absolute Gasteiger partial charge is 0.469 e. The molecule has 0 aromatic carbocycles. The number of hydrogen-bond acceptors (Lipinski definition) is 3. The van der Waals surface area contributed by atoms with E-state index < -0.39 is 18.1 Å². The van der Waals surface area contributed by atoms with Crippen molar-refractivity contribution in [1.29, 1.82) is 0 Å². The molecule has 0 unspecified atom stereocenters. The Morgan fingerprint density at radius 2 is 2.19 bits per heavy atom. The minimum atomic E-state index is -2.81. The first-order valence-electron chi connectivity index (χ1n) is 4.15. The van der Waals surface area contributed by atoms with Gasteiger partial charge in [0, 0.05) is 5.56 Å². The summed E-state index contributed by atoms with van der Waals surface area (Å²) in [5, 5.41) is -0.400. The van der Waals surface area contributed by atoms with E-state index in [1.807, 2.05) is 0 Å². The van der Waals surface area contributed by atoms with E-state index in [1.165, 1.54) is 13.2 Å². The van der Waals surface area contributed by atoms with E-state index in [1.54, 1.807) is 0 Å². The highest BCUT2D eigenvalue weighted by atomic mass is 35.5. The molecule has 0 spiro atoms. The second-order valence-electron chi connectivity index (χ2n) is 2.86. The molecular formula is C9H7Cl2F2NO2. The molecule has 0 amide bonds. The van der Waals surface area contributed by atoms with Crippen LogP contribution in [0.2, 0.25) is 10.2 Å². The number of methoxy groups -OCH3 is 1. The van der Waals surface area contributed by atoms with Gasteiger partial charge in [-0.05, 0) is 6.07 Å². The van der Waals surface area contributed by atoms with Crippen molar-refractivity contribution in [3.63, 3.8) is 0 Å². The average Bonchev–Trinajstić information content (AvgIpc) is 2.22. The fourth-order valence-electron chi connectivity index (χ4n) is 1.02. The molecule has 0 bridgehead atoms. The van der Waals surface area contributed by atoms with Crippen LogP contribution in [-0.2, 0) is 16.0 Å². The van der Waals surface area contributed by atoms with Crippen molar-refractivity contribution in [1.82, 2.24) is 4.98 Å². The van der Waals surface area contributed by atoms with Gasteiger partial charge in [0.25, 0.3) is 6.43 Å². The second kappa shape index (κ2) is 5.41. The molecule has 0 fully saturated rings. The molecule has 0 radical (unpaired) electrons. The number of ether oxygens (including phenoxy) is 1. The van der Waals surface area contributed by atoms with Crippen molar-refractivity contribution in [3.8, 4) is 0 Å². The van der Waals surface area contributed by atoms with Crippen molar-refractivity contribution in [2.24, 2.45) is 0 Å². The first-order valence-corrected chi connectivity index (χ1v) is 4.91. The third-order valence-electron chi connectivity index (χ3n) is 1.80. The van der Waals surface area contributed by atoms with Gasteiger partial charge in [-0.2, -0.15) is 0 Å². The lowest BCUT2D eigenvalue weighted by Crippen LogP contribution is -2.06. The summed E-state index contributed by atoms with van der Waals surface area (Å²) >= 11 is 11.2. The molecule has 0 atom stereocenters. The van der Waals surface area contributed by atoms with Gasteiger partial charge in [0.1, 0.15) is 10.8 Å². The van der Waals surface area contributed by atoms with Gasteiger partial charge < -0.3 is 4.74 Å². The summed E-state index contributed by atoms with van der Waals surface area (Å²) in [6.07, 6.45) is -2.97. The summed E-state index contributed by atoms with van der Waals surface area (Å²) in [6.45, 7) is 0. The molecule has 0 N–H and O–H groups in total. The molecule has 1 heterocycles. The zero-order valence-electron chi connectivity index (χ0n) is 8.14. The lowest BCUT2D eigenvalue weighted by atomic mass is 10.2. The molecule has 16 heavy (non-hydrogen) atoms. The van der Waals surface area contributed by atoms with E-state index in [9.17, 15) is 13.6 Å². The minimum Gasteiger partial charge on any atom is -0.469 e. The van der Waals surface area contributed by atoms with Gasteiger partial charge in [-0.25, -0.2) is 13.8 Å². The van der Waals surface area contributed by atoms with Crippen LogP contribution in [0.3, 0.4) is 0 Å². The Kier molecular flexibility index (Phi) is 4.44. The standard InChI is InChI=1S/C9H7Cl2F2NO2/c1-16-6(15)3-4-2-5(10)7(9(12)13)14-8(4)11/h2,9H,3H2,1H3. The predicted octanol–water partition coefficient (Wildman–Crippen LogP) is 3.04. The van der Waals surface area contributed by atoms with Crippen LogP contribution in [0, 0.1) is 0 Å². The zero-order chi connectivity index (χ0) is 12.3. The normalized spacial score (nSPS) is 10.6. The quantitative estimate of drug-likeness (QED) is 0.626. The van der Waals surface area contributed by atoms with Crippen LogP contribution in [0.5, 0.6) is 0 Å². The summed E-state index contributed by atoms with van der Waals surface area (Å²) in [5.74, 6) is -0.551. The van der Waals surface area contributed by atoms with Crippen LogP contribution >= 0.6 is 23.2 Å². The van der Waals surface area contributed by atoms with Crippen molar-refractivity contribution in [3.05, 3.63) is 27.5 Å². The molecule has 1 aromatic heterocycles. The van der Waals surface area contributed by atoms with Crippen molar-refractivity contribution in [2.75, 3.05) is 7.11 Å². The fourth-order valence-corrected chi connectivity index (χ4v) is 1.49. The maximum absolute atomic E-state index is 12.4. The summed E-state index contributed by atoms with van der Waals surface area (Å²) < 4.78 is 29.2. The fraction of sp³-hybridized carbons (Fsp3) is 0.333. The number of halogens is 4. The maximum atomic E-state index is 12.4. The molecule has 0 saturated carbocycles. The molecule has 3 nitrogen and oxygen atoms in total. The highest BCUT2D eigenvalue weighted by Crippen LogP contribution is 2.29. The highest BCUT2D eigenvalue weighted by Gasteiger charge is 2.18. The van der Waals surface area contributed by atoms with Gasteiger partial charge in [-0.3, -0.25) is 4.79 Å². The predicted molar refractivity (Wildman–Crippen MR) is 54.9 cm³/mol. The Bertz CT molecular complexity index is 413. The monoisotopic (exact) mass is 269 g/mol. The number of nitrogens with zero attached hydrogens (tertiary/aromatic N) is 1. The Hall–Kier alpha value is -0.940. The van der Waals surface area contributed by atoms with Gasteiger partial charge in [0.05, 0.1) is 18.6 Å².